The van der Waals surface area contributed by atoms with Gasteiger partial charge in [0.15, 0.2) is 12.3 Å². The van der Waals surface area contributed by atoms with E-state index in [1.54, 1.807) is 16.0 Å². The Labute approximate surface area is 330 Å². The zero-order valence-corrected chi connectivity index (χ0v) is 32.5. The molecule has 3 aromatic carbocycles. The lowest BCUT2D eigenvalue weighted by atomic mass is 9.66. The Hall–Kier alpha value is -4.32. The van der Waals surface area contributed by atoms with Crippen LogP contribution in [0.3, 0.4) is 0 Å². The van der Waals surface area contributed by atoms with E-state index < -0.39 is 0 Å². The number of nitrogens with two attached hydrogens (primary N) is 1. The number of hydrogen-bond donors (Lipinski definition) is 3. The van der Waals surface area contributed by atoms with Crippen LogP contribution in [0.1, 0.15) is 120 Å². The third-order valence-corrected chi connectivity index (χ3v) is 15.0. The summed E-state index contributed by atoms with van der Waals surface area (Å²) in [7, 11) is 0. The van der Waals surface area contributed by atoms with Gasteiger partial charge in [-0.15, -0.1) is 11.3 Å². The molecule has 0 saturated carbocycles. The molecule has 7 atom stereocenters. The molecule has 4 N–H and O–H groups in total. The minimum absolute atomic E-state index is 0.131. The van der Waals surface area contributed by atoms with E-state index in [-0.39, 0.29) is 18.5 Å². The van der Waals surface area contributed by atoms with Gasteiger partial charge in [0.2, 0.25) is 0 Å². The van der Waals surface area contributed by atoms with E-state index in [0.717, 1.165) is 38.5 Å². The molecule has 11 rings (SSSR count). The normalized spacial score (nSPS) is 29.0. The van der Waals surface area contributed by atoms with Gasteiger partial charge in [-0.3, -0.25) is 0 Å². The van der Waals surface area contributed by atoms with Crippen LogP contribution in [-0.4, -0.2) is 12.3 Å². The second-order valence-corrected chi connectivity index (χ2v) is 18.0. The fourth-order valence-electron chi connectivity index (χ4n) is 11.1. The van der Waals surface area contributed by atoms with Gasteiger partial charge in [-0.2, -0.15) is 0 Å². The fraction of sp³-hybridized carbons (Fsp3) is 0.333. The smallest absolute Gasteiger partial charge is 0.168 e. The highest BCUT2D eigenvalue weighted by Gasteiger charge is 2.40. The number of rotatable bonds is 5. The van der Waals surface area contributed by atoms with Gasteiger partial charge in [-0.25, -0.2) is 10.6 Å². The second kappa shape index (κ2) is 14.3. The lowest BCUT2D eigenvalue weighted by Crippen LogP contribution is -3.01. The topological polar surface area (TPSA) is 40.7 Å². The predicted octanol–water partition coefficient (Wildman–Crippen LogP) is 9.11. The number of aryl methyl sites for hydroxylation is 1. The van der Waals surface area contributed by atoms with Crippen molar-refractivity contribution in [2.45, 2.75) is 100 Å². The molecule has 1 fully saturated rings. The first kappa shape index (κ1) is 34.0. The highest BCUT2D eigenvalue weighted by molar-refractivity contribution is 7.10. The molecule has 2 heterocycles. The van der Waals surface area contributed by atoms with Gasteiger partial charge in [0, 0.05) is 43.5 Å². The largest absolute Gasteiger partial charge is 0.309 e. The molecular formula is C51H52N3S+. The molecule has 3 nitrogen and oxygen atoms in total. The molecule has 4 aromatic rings. The molecule has 7 unspecified atom stereocenters. The number of hydrogen-bond acceptors (Lipinski definition) is 3. The molecule has 0 amide bonds. The number of quaternary nitrogens is 1. The van der Waals surface area contributed by atoms with Gasteiger partial charge < -0.3 is 5.32 Å². The maximum absolute atomic E-state index is 4.24. The summed E-state index contributed by atoms with van der Waals surface area (Å²) < 4.78 is 1.50. The summed E-state index contributed by atoms with van der Waals surface area (Å²) in [4.78, 5) is 1.58. The first-order chi connectivity index (χ1) is 27.3. The minimum Gasteiger partial charge on any atom is -0.309 e. The van der Waals surface area contributed by atoms with Crippen LogP contribution in [-0.2, 0) is 6.42 Å². The molecular weight excluding hydrogens is 687 g/mol. The first-order valence-electron chi connectivity index (χ1n) is 21.2. The molecule has 6 aliphatic carbocycles. The predicted molar refractivity (Wildman–Crippen MR) is 229 cm³/mol. The fourth-order valence-corrected chi connectivity index (χ4v) is 12.4. The standard InChI is InChI=1S/C51H51N3S/c1-3-14-32(15-4-1)33-26-28-35(29-27-33)50-52-49(34-16-5-2-6-17-34)53-51(54-50)36-30-43-39-20-8-7-18-37(39)38-19-9-10-21-40(38)47(43)44(31-36)41-23-13-25-46-48(41)42-22-11-12-24-45(42)55-46/h1,3-5,8-11,14-17,19-22,25-26,28,30-31,33,35,37,39,49-54H,2,6-7,12-13,18,23-24,27,29H2/p+1. The van der Waals surface area contributed by atoms with Crippen molar-refractivity contribution in [2.75, 3.05) is 0 Å². The zero-order chi connectivity index (χ0) is 36.3. The third-order valence-electron chi connectivity index (χ3n) is 13.7. The Bertz CT molecular complexity index is 2420. The Balaban J connectivity index is 1.07. The van der Waals surface area contributed by atoms with Crippen LogP contribution in [0.5, 0.6) is 0 Å². The summed E-state index contributed by atoms with van der Waals surface area (Å²) in [6.45, 7) is 0. The van der Waals surface area contributed by atoms with Crippen molar-refractivity contribution in [3.8, 4) is 11.1 Å². The van der Waals surface area contributed by atoms with Crippen molar-refractivity contribution in [1.82, 2.24) is 10.6 Å². The van der Waals surface area contributed by atoms with Gasteiger partial charge in [-0.1, -0.05) is 115 Å². The average molecular weight is 739 g/mol. The Morgan fingerprint density at radius 3 is 2.44 bits per heavy atom. The quantitative estimate of drug-likeness (QED) is 0.179. The summed E-state index contributed by atoms with van der Waals surface area (Å²) in [6.07, 6.45) is 36.7. The van der Waals surface area contributed by atoms with Crippen LogP contribution >= 0.6 is 11.3 Å². The van der Waals surface area contributed by atoms with Crippen molar-refractivity contribution >= 4 is 29.1 Å². The monoisotopic (exact) mass is 738 g/mol. The highest BCUT2D eigenvalue weighted by Crippen LogP contribution is 2.53. The van der Waals surface area contributed by atoms with Crippen LogP contribution in [0.25, 0.3) is 28.9 Å². The van der Waals surface area contributed by atoms with Crippen molar-refractivity contribution in [3.63, 3.8) is 0 Å². The lowest BCUT2D eigenvalue weighted by Gasteiger charge is -2.42. The second-order valence-electron chi connectivity index (χ2n) is 16.9. The molecule has 0 bridgehead atoms. The highest BCUT2D eigenvalue weighted by atomic mass is 32.1. The van der Waals surface area contributed by atoms with E-state index in [1.807, 2.05) is 0 Å². The molecule has 4 heteroatoms. The SMILES string of the molecule is C1=CC(C2NC(C3C=CC(c4ccccc4)CC3)NC(c3cc(C4=c5c6c(sc5=CCC4)CCC=C6)c4c(c3)C3C=CCCC3c3ccccc3-4)[NH2+]2)=CCC1. The van der Waals surface area contributed by atoms with Crippen molar-refractivity contribution in [2.24, 2.45) is 5.92 Å². The number of thiophene rings is 1. The van der Waals surface area contributed by atoms with Gasteiger partial charge in [0.1, 0.15) is 0 Å². The maximum Gasteiger partial charge on any atom is 0.168 e. The van der Waals surface area contributed by atoms with Crippen molar-refractivity contribution in [1.29, 1.82) is 0 Å². The zero-order valence-electron chi connectivity index (χ0n) is 31.7. The number of fused-ring (bicyclic) bond motifs is 9. The van der Waals surface area contributed by atoms with E-state index in [9.17, 15) is 0 Å². The number of nitrogens with one attached hydrogen (secondary N) is 2. The summed E-state index contributed by atoms with van der Waals surface area (Å²) in [5, 5.41) is 12.5. The molecule has 0 spiro atoms. The minimum atomic E-state index is 0.131. The van der Waals surface area contributed by atoms with Gasteiger partial charge >= 0.3 is 0 Å². The van der Waals surface area contributed by atoms with Crippen molar-refractivity contribution < 1.29 is 5.32 Å². The van der Waals surface area contributed by atoms with Crippen LogP contribution in [0.4, 0.5) is 0 Å². The molecule has 1 saturated heterocycles. The van der Waals surface area contributed by atoms with Gasteiger partial charge in [0.05, 0.1) is 6.17 Å². The Morgan fingerprint density at radius 2 is 1.55 bits per heavy atom. The third kappa shape index (κ3) is 6.05. The molecule has 0 radical (unpaired) electrons. The average Bonchev–Trinajstić information content (AvgIpc) is 3.66. The van der Waals surface area contributed by atoms with Crippen LogP contribution in [0.15, 0.2) is 121 Å². The van der Waals surface area contributed by atoms with E-state index in [4.69, 9.17) is 0 Å². The number of benzene rings is 3. The molecule has 55 heavy (non-hydrogen) atoms. The first-order valence-corrected chi connectivity index (χ1v) is 22.0. The van der Waals surface area contributed by atoms with Gasteiger partial charge in [-0.05, 0) is 127 Å². The van der Waals surface area contributed by atoms with Gasteiger partial charge in [0.25, 0.3) is 0 Å². The Kier molecular flexibility index (Phi) is 8.84. The van der Waals surface area contributed by atoms with E-state index in [0.29, 0.717) is 23.7 Å². The molecule has 276 valence electrons. The molecule has 1 aromatic heterocycles. The number of allylic oxidation sites excluding steroid dienone is 6. The summed E-state index contributed by atoms with van der Waals surface area (Å²) in [6, 6.07) is 25.8. The van der Waals surface area contributed by atoms with E-state index >= 15 is 0 Å². The summed E-state index contributed by atoms with van der Waals surface area (Å²) in [5.74, 6) is 1.86. The van der Waals surface area contributed by atoms with E-state index in [2.05, 4.69) is 155 Å². The summed E-state index contributed by atoms with van der Waals surface area (Å²) >= 11 is 2.06. The van der Waals surface area contributed by atoms with Crippen molar-refractivity contribution in [3.05, 3.63) is 169 Å². The molecule has 1 aliphatic heterocycles. The lowest BCUT2D eigenvalue weighted by molar-refractivity contribution is -0.741. The van der Waals surface area contributed by atoms with Crippen LogP contribution in [0.2, 0.25) is 0 Å². The maximum atomic E-state index is 4.24. The molecule has 7 aliphatic rings. The van der Waals surface area contributed by atoms with Crippen LogP contribution < -0.4 is 25.7 Å². The Morgan fingerprint density at radius 1 is 0.655 bits per heavy atom. The van der Waals surface area contributed by atoms with Crippen LogP contribution in [0, 0.1) is 5.92 Å². The van der Waals surface area contributed by atoms with E-state index in [1.165, 1.54) is 80.0 Å². The summed E-state index contributed by atoms with van der Waals surface area (Å²) in [5.41, 5.74) is 14.9.